The largest absolute Gasteiger partial charge is 0.369 e. The first-order valence-electron chi connectivity index (χ1n) is 15.0. The van der Waals surface area contributed by atoms with E-state index >= 15 is 0 Å². The van der Waals surface area contributed by atoms with E-state index in [0.717, 1.165) is 12.8 Å². The Kier molecular flexibility index (Phi) is 26.3. The normalized spacial score (nSPS) is 12.3. The Labute approximate surface area is 203 Å². The number of primary amides is 1. The first-order valence-corrected chi connectivity index (χ1v) is 15.0. The van der Waals surface area contributed by atoms with Gasteiger partial charge in [0, 0.05) is 5.92 Å². The second kappa shape index (κ2) is 26.7. The summed E-state index contributed by atoms with van der Waals surface area (Å²) in [6.07, 6.45) is 34.9. The quantitative estimate of drug-likeness (QED) is 0.124. The molecule has 1 atom stereocenters. The van der Waals surface area contributed by atoms with Crippen molar-refractivity contribution in [1.82, 2.24) is 0 Å². The maximum Gasteiger partial charge on any atom is 0.220 e. The highest BCUT2D eigenvalue weighted by Crippen LogP contribution is 2.20. The van der Waals surface area contributed by atoms with Gasteiger partial charge in [-0.05, 0) is 12.8 Å². The van der Waals surface area contributed by atoms with Crippen molar-refractivity contribution in [1.29, 1.82) is 0 Å². The van der Waals surface area contributed by atoms with Crippen LogP contribution < -0.4 is 5.73 Å². The lowest BCUT2D eigenvalue weighted by Crippen LogP contribution is -2.23. The monoisotopic (exact) mass is 451 g/mol. The molecule has 0 fully saturated rings. The molecule has 0 heterocycles. The van der Waals surface area contributed by atoms with Gasteiger partial charge in [-0.1, -0.05) is 168 Å². The van der Waals surface area contributed by atoms with Crippen LogP contribution >= 0.6 is 0 Å². The predicted molar refractivity (Wildman–Crippen MR) is 144 cm³/mol. The summed E-state index contributed by atoms with van der Waals surface area (Å²) >= 11 is 0. The molecule has 1 amide bonds. The predicted octanol–water partition coefficient (Wildman–Crippen LogP) is 10.3. The van der Waals surface area contributed by atoms with Crippen molar-refractivity contribution in [3.05, 3.63) is 0 Å². The molecule has 0 aromatic rings. The minimum atomic E-state index is -0.0596. The molecule has 0 radical (unpaired) electrons. The third-order valence-electron chi connectivity index (χ3n) is 7.21. The highest BCUT2D eigenvalue weighted by atomic mass is 16.1. The van der Waals surface area contributed by atoms with Crippen LogP contribution in [-0.2, 0) is 4.79 Å². The zero-order valence-electron chi connectivity index (χ0n) is 22.4. The highest BCUT2D eigenvalue weighted by Gasteiger charge is 2.14. The zero-order valence-corrected chi connectivity index (χ0v) is 22.4. The Morgan fingerprint density at radius 2 is 0.656 bits per heavy atom. The van der Waals surface area contributed by atoms with Gasteiger partial charge in [0.05, 0.1) is 0 Å². The Balaban J connectivity index is 3.41. The summed E-state index contributed by atoms with van der Waals surface area (Å²) in [6.45, 7) is 4.56. The molecule has 192 valence electrons. The number of carbonyl (C=O) groups excluding carboxylic acids is 1. The van der Waals surface area contributed by atoms with Crippen LogP contribution in [0, 0.1) is 5.92 Å². The molecule has 0 aromatic carbocycles. The van der Waals surface area contributed by atoms with Crippen LogP contribution in [0.5, 0.6) is 0 Å². The van der Waals surface area contributed by atoms with Gasteiger partial charge in [0.25, 0.3) is 0 Å². The van der Waals surface area contributed by atoms with E-state index in [9.17, 15) is 4.79 Å². The number of hydrogen-bond acceptors (Lipinski definition) is 1. The number of hydrogen-bond donors (Lipinski definition) is 1. The van der Waals surface area contributed by atoms with E-state index in [-0.39, 0.29) is 11.8 Å². The number of unbranched alkanes of at least 4 members (excludes halogenated alkanes) is 22. The summed E-state index contributed by atoms with van der Waals surface area (Å²) in [7, 11) is 0. The van der Waals surface area contributed by atoms with Crippen LogP contribution in [0.3, 0.4) is 0 Å². The van der Waals surface area contributed by atoms with Crippen molar-refractivity contribution in [2.24, 2.45) is 11.7 Å². The van der Waals surface area contributed by atoms with Gasteiger partial charge in [-0.15, -0.1) is 0 Å². The molecule has 0 saturated carbocycles. The fourth-order valence-electron chi connectivity index (χ4n) is 4.89. The molecule has 2 N–H and O–H groups in total. The van der Waals surface area contributed by atoms with Crippen molar-refractivity contribution < 1.29 is 4.79 Å². The molecule has 0 aliphatic carbocycles. The first kappa shape index (κ1) is 31.5. The van der Waals surface area contributed by atoms with Crippen molar-refractivity contribution in [3.63, 3.8) is 0 Å². The fraction of sp³-hybridized carbons (Fsp3) is 0.967. The number of nitrogens with two attached hydrogens (primary N) is 1. The molecule has 0 rings (SSSR count). The Morgan fingerprint density at radius 1 is 0.438 bits per heavy atom. The molecule has 1 unspecified atom stereocenters. The second-order valence-electron chi connectivity index (χ2n) is 10.5. The smallest absolute Gasteiger partial charge is 0.220 e. The van der Waals surface area contributed by atoms with E-state index in [0.29, 0.717) is 0 Å². The third kappa shape index (κ3) is 24.1. The molecule has 0 spiro atoms. The van der Waals surface area contributed by atoms with Crippen LogP contribution in [0.15, 0.2) is 0 Å². The van der Waals surface area contributed by atoms with Gasteiger partial charge in [-0.3, -0.25) is 4.79 Å². The molecule has 2 nitrogen and oxygen atoms in total. The van der Waals surface area contributed by atoms with Gasteiger partial charge in [-0.25, -0.2) is 0 Å². The maximum absolute atomic E-state index is 11.8. The van der Waals surface area contributed by atoms with Crippen LogP contribution in [-0.4, -0.2) is 5.91 Å². The highest BCUT2D eigenvalue weighted by molar-refractivity contribution is 5.76. The van der Waals surface area contributed by atoms with Crippen molar-refractivity contribution in [2.45, 2.75) is 181 Å². The molecule has 0 bridgehead atoms. The molecule has 0 saturated heterocycles. The fourth-order valence-corrected chi connectivity index (χ4v) is 4.89. The summed E-state index contributed by atoms with van der Waals surface area (Å²) in [6, 6.07) is 0. The van der Waals surface area contributed by atoms with E-state index in [4.69, 9.17) is 5.73 Å². The van der Waals surface area contributed by atoms with Crippen LogP contribution in [0.1, 0.15) is 181 Å². The van der Waals surface area contributed by atoms with Crippen molar-refractivity contribution in [3.8, 4) is 0 Å². The lowest BCUT2D eigenvalue weighted by atomic mass is 9.93. The molecule has 0 aromatic heterocycles. The van der Waals surface area contributed by atoms with E-state index in [1.807, 2.05) is 0 Å². The lowest BCUT2D eigenvalue weighted by molar-refractivity contribution is -0.122. The van der Waals surface area contributed by atoms with Crippen LogP contribution in [0.25, 0.3) is 0 Å². The van der Waals surface area contributed by atoms with Crippen molar-refractivity contribution in [2.75, 3.05) is 0 Å². The van der Waals surface area contributed by atoms with E-state index in [1.165, 1.54) is 154 Å². The number of carbonyl (C=O) groups is 1. The van der Waals surface area contributed by atoms with Gasteiger partial charge in [0.15, 0.2) is 0 Å². The second-order valence-corrected chi connectivity index (χ2v) is 10.5. The molecule has 2 heteroatoms. The summed E-state index contributed by atoms with van der Waals surface area (Å²) in [5.41, 5.74) is 5.67. The van der Waals surface area contributed by atoms with Gasteiger partial charge >= 0.3 is 0 Å². The molecule has 0 aliphatic rings. The molecular weight excluding hydrogens is 390 g/mol. The Bertz CT molecular complexity index is 368. The summed E-state index contributed by atoms with van der Waals surface area (Å²) in [4.78, 5) is 11.8. The summed E-state index contributed by atoms with van der Waals surface area (Å²) in [5, 5.41) is 0. The van der Waals surface area contributed by atoms with E-state index < -0.39 is 0 Å². The number of amides is 1. The van der Waals surface area contributed by atoms with Crippen molar-refractivity contribution >= 4 is 5.91 Å². The molecule has 0 aliphatic heterocycles. The third-order valence-corrected chi connectivity index (χ3v) is 7.21. The van der Waals surface area contributed by atoms with Gasteiger partial charge in [-0.2, -0.15) is 0 Å². The Hall–Kier alpha value is -0.530. The zero-order chi connectivity index (χ0) is 23.5. The van der Waals surface area contributed by atoms with Gasteiger partial charge < -0.3 is 5.73 Å². The maximum atomic E-state index is 11.8. The average Bonchev–Trinajstić information content (AvgIpc) is 2.78. The lowest BCUT2D eigenvalue weighted by Gasteiger charge is -2.13. The van der Waals surface area contributed by atoms with E-state index in [1.54, 1.807) is 0 Å². The summed E-state index contributed by atoms with van der Waals surface area (Å²) < 4.78 is 0. The minimum Gasteiger partial charge on any atom is -0.369 e. The first-order chi connectivity index (χ1) is 15.7. The van der Waals surface area contributed by atoms with Crippen LogP contribution in [0.4, 0.5) is 0 Å². The molecular formula is C30H61NO. The van der Waals surface area contributed by atoms with Gasteiger partial charge in [0.1, 0.15) is 0 Å². The average molecular weight is 452 g/mol. The van der Waals surface area contributed by atoms with E-state index in [2.05, 4.69) is 13.8 Å². The van der Waals surface area contributed by atoms with Crippen LogP contribution in [0.2, 0.25) is 0 Å². The SMILES string of the molecule is CCCCCCCCCCCCCCCCC(CCCCCCCCCCCC)C(N)=O. The molecule has 32 heavy (non-hydrogen) atoms. The Morgan fingerprint density at radius 3 is 0.875 bits per heavy atom. The minimum absolute atomic E-state index is 0.0596. The number of rotatable bonds is 27. The van der Waals surface area contributed by atoms with Gasteiger partial charge in [0.2, 0.25) is 5.91 Å². The topological polar surface area (TPSA) is 43.1 Å². The summed E-state index contributed by atoms with van der Waals surface area (Å²) in [5.74, 6) is 0.0667. The standard InChI is InChI=1S/C30H61NO/c1-3-5-7-9-11-13-15-16-17-18-20-22-24-26-28-29(30(31)32)27-25-23-21-19-14-12-10-8-6-4-2/h29H,3-28H2,1-2H3,(H2,31,32).